The molecule has 0 fully saturated rings. The van der Waals surface area contributed by atoms with E-state index in [1.165, 1.54) is 10.1 Å². The van der Waals surface area contributed by atoms with Gasteiger partial charge in [0, 0.05) is 43.7 Å². The van der Waals surface area contributed by atoms with Crippen LogP contribution >= 0.6 is 11.3 Å². The van der Waals surface area contributed by atoms with E-state index in [0.717, 1.165) is 60.2 Å². The first kappa shape index (κ1) is 27.2. The van der Waals surface area contributed by atoms with E-state index in [4.69, 9.17) is 24.9 Å². The fourth-order valence-electron chi connectivity index (χ4n) is 5.98. The van der Waals surface area contributed by atoms with Gasteiger partial charge >= 0.3 is 0 Å². The summed E-state index contributed by atoms with van der Waals surface area (Å²) in [5.74, 6) is 1.94. The van der Waals surface area contributed by atoms with Crippen LogP contribution in [-0.4, -0.2) is 24.9 Å². The first-order chi connectivity index (χ1) is 23.2. The first-order valence-corrected chi connectivity index (χ1v) is 16.2. The Hall–Kier alpha value is -6.11. The Balaban J connectivity index is 1.11. The quantitative estimate of drug-likeness (QED) is 0.192. The van der Waals surface area contributed by atoms with Crippen LogP contribution in [-0.2, 0) is 0 Å². The molecule has 0 atom stereocenters. The van der Waals surface area contributed by atoms with Crippen LogP contribution in [0.1, 0.15) is 0 Å². The Bertz CT molecular complexity index is 2520. The van der Waals surface area contributed by atoms with Crippen molar-refractivity contribution in [1.29, 1.82) is 0 Å². The zero-order valence-electron chi connectivity index (χ0n) is 25.1. The van der Waals surface area contributed by atoms with Gasteiger partial charge in [-0.25, -0.2) is 19.9 Å². The van der Waals surface area contributed by atoms with Crippen molar-refractivity contribution < 1.29 is 0 Å². The van der Waals surface area contributed by atoms with Crippen LogP contribution in [0.3, 0.4) is 0 Å². The zero-order chi connectivity index (χ0) is 31.2. The molecular formula is C41H25N5S. The third kappa shape index (κ3) is 5.11. The van der Waals surface area contributed by atoms with Crippen molar-refractivity contribution >= 4 is 42.4 Å². The number of benzene rings is 5. The van der Waals surface area contributed by atoms with Crippen molar-refractivity contribution in [3.8, 4) is 56.7 Å². The lowest BCUT2D eigenvalue weighted by atomic mass is 10.0. The van der Waals surface area contributed by atoms with E-state index in [0.29, 0.717) is 17.5 Å². The van der Waals surface area contributed by atoms with Crippen LogP contribution < -0.4 is 0 Å². The molecule has 0 spiro atoms. The van der Waals surface area contributed by atoms with E-state index in [2.05, 4.69) is 78.9 Å². The van der Waals surface area contributed by atoms with Gasteiger partial charge in [0.25, 0.3) is 0 Å². The van der Waals surface area contributed by atoms with Gasteiger partial charge in [-0.1, -0.05) is 109 Å². The zero-order valence-corrected chi connectivity index (χ0v) is 25.9. The molecule has 220 valence electrons. The molecule has 0 saturated heterocycles. The Morgan fingerprint density at radius 3 is 1.74 bits per heavy atom. The summed E-state index contributed by atoms with van der Waals surface area (Å²) < 4.78 is 1.20. The molecule has 0 aliphatic heterocycles. The molecule has 9 aromatic rings. The molecule has 0 aliphatic rings. The first-order valence-electron chi connectivity index (χ1n) is 15.4. The standard InChI is InChI=1S/C41H25N5S/c1-3-10-26(11-4-1)38-44-39(27-12-5-2-6-13-27)46-40(45-38)31-17-9-16-28(22-31)30-18-21-37-34(23-30)33-19-20-35(43-41(33)47-37)36-24-29-14-7-8-15-32(29)25-42-36/h1-25H. The minimum Gasteiger partial charge on any atom is -0.254 e. The Kier molecular flexibility index (Phi) is 6.58. The van der Waals surface area contributed by atoms with E-state index in [1.807, 2.05) is 72.9 Å². The Morgan fingerprint density at radius 2 is 1.00 bits per heavy atom. The highest BCUT2D eigenvalue weighted by molar-refractivity contribution is 7.25. The molecule has 0 N–H and O–H groups in total. The number of fused-ring (bicyclic) bond motifs is 4. The number of pyridine rings is 2. The Labute approximate surface area is 275 Å². The number of aromatic nitrogens is 5. The van der Waals surface area contributed by atoms with Gasteiger partial charge in [-0.2, -0.15) is 0 Å². The van der Waals surface area contributed by atoms with E-state index >= 15 is 0 Å². The van der Waals surface area contributed by atoms with Gasteiger partial charge in [-0.05, 0) is 52.9 Å². The second-order valence-electron chi connectivity index (χ2n) is 11.4. The van der Waals surface area contributed by atoms with Crippen LogP contribution in [0.25, 0.3) is 87.8 Å². The molecule has 0 saturated carbocycles. The van der Waals surface area contributed by atoms with Gasteiger partial charge in [0.2, 0.25) is 0 Å². The summed E-state index contributed by atoms with van der Waals surface area (Å²) >= 11 is 1.71. The minimum atomic E-state index is 0.639. The fraction of sp³-hybridized carbons (Fsp3) is 0. The number of nitrogens with zero attached hydrogens (tertiary/aromatic N) is 5. The molecule has 0 radical (unpaired) electrons. The lowest BCUT2D eigenvalue weighted by Crippen LogP contribution is -2.00. The second-order valence-corrected chi connectivity index (χ2v) is 12.4. The topological polar surface area (TPSA) is 64.5 Å². The van der Waals surface area contributed by atoms with Crippen molar-refractivity contribution in [2.24, 2.45) is 0 Å². The summed E-state index contributed by atoms with van der Waals surface area (Å²) in [6.45, 7) is 0. The Morgan fingerprint density at radius 1 is 0.383 bits per heavy atom. The molecule has 0 bridgehead atoms. The third-order valence-electron chi connectivity index (χ3n) is 8.38. The van der Waals surface area contributed by atoms with Gasteiger partial charge in [0.1, 0.15) is 4.83 Å². The second kappa shape index (κ2) is 11.4. The molecule has 47 heavy (non-hydrogen) atoms. The van der Waals surface area contributed by atoms with Gasteiger partial charge in [-0.15, -0.1) is 11.3 Å². The SMILES string of the molecule is c1ccc(-c2nc(-c3ccccc3)nc(-c3cccc(-c4ccc5sc6nc(-c7cc8ccccc8cn7)ccc6c5c4)c3)n2)cc1. The van der Waals surface area contributed by atoms with Gasteiger partial charge in [-0.3, -0.25) is 4.98 Å². The van der Waals surface area contributed by atoms with Crippen LogP contribution in [0.2, 0.25) is 0 Å². The van der Waals surface area contributed by atoms with Crippen molar-refractivity contribution in [2.45, 2.75) is 0 Å². The van der Waals surface area contributed by atoms with Gasteiger partial charge in [0.05, 0.1) is 11.4 Å². The molecule has 0 unspecified atom stereocenters. The maximum absolute atomic E-state index is 5.05. The largest absolute Gasteiger partial charge is 0.254 e. The summed E-state index contributed by atoms with van der Waals surface area (Å²) in [6, 6.07) is 49.8. The average Bonchev–Trinajstić information content (AvgIpc) is 3.52. The third-order valence-corrected chi connectivity index (χ3v) is 9.46. The summed E-state index contributed by atoms with van der Waals surface area (Å²) in [6.07, 6.45) is 1.92. The summed E-state index contributed by atoms with van der Waals surface area (Å²) in [5, 5.41) is 4.62. The minimum absolute atomic E-state index is 0.639. The normalized spacial score (nSPS) is 11.4. The van der Waals surface area contributed by atoms with Crippen LogP contribution in [0, 0.1) is 0 Å². The lowest BCUT2D eigenvalue weighted by molar-refractivity contribution is 1.07. The van der Waals surface area contributed by atoms with E-state index < -0.39 is 0 Å². The summed E-state index contributed by atoms with van der Waals surface area (Å²) in [7, 11) is 0. The lowest BCUT2D eigenvalue weighted by Gasteiger charge is -2.10. The highest BCUT2D eigenvalue weighted by Gasteiger charge is 2.14. The van der Waals surface area contributed by atoms with Crippen LogP contribution in [0.15, 0.2) is 152 Å². The van der Waals surface area contributed by atoms with Crippen LogP contribution in [0.4, 0.5) is 0 Å². The maximum Gasteiger partial charge on any atom is 0.164 e. The molecular weight excluding hydrogens is 595 g/mol. The maximum atomic E-state index is 5.05. The summed E-state index contributed by atoms with van der Waals surface area (Å²) in [5.41, 5.74) is 6.81. The van der Waals surface area contributed by atoms with Crippen molar-refractivity contribution in [3.05, 3.63) is 152 Å². The van der Waals surface area contributed by atoms with E-state index in [1.54, 1.807) is 11.3 Å². The number of rotatable bonds is 5. The molecule has 6 heteroatoms. The van der Waals surface area contributed by atoms with E-state index in [9.17, 15) is 0 Å². The highest BCUT2D eigenvalue weighted by Crippen LogP contribution is 2.37. The number of thiophene rings is 1. The predicted molar refractivity (Wildman–Crippen MR) is 193 cm³/mol. The number of hydrogen-bond donors (Lipinski definition) is 0. The molecule has 5 aromatic carbocycles. The predicted octanol–water partition coefficient (Wildman–Crippen LogP) is 10.5. The molecule has 4 aromatic heterocycles. The monoisotopic (exact) mass is 619 g/mol. The van der Waals surface area contributed by atoms with Crippen LogP contribution in [0.5, 0.6) is 0 Å². The number of hydrogen-bond acceptors (Lipinski definition) is 6. The molecule has 9 rings (SSSR count). The molecule has 0 amide bonds. The van der Waals surface area contributed by atoms with Gasteiger partial charge in [0.15, 0.2) is 17.5 Å². The highest BCUT2D eigenvalue weighted by atomic mass is 32.1. The molecule has 4 heterocycles. The van der Waals surface area contributed by atoms with Crippen molar-refractivity contribution in [2.75, 3.05) is 0 Å². The summed E-state index contributed by atoms with van der Waals surface area (Å²) in [4.78, 5) is 25.5. The van der Waals surface area contributed by atoms with Gasteiger partial charge < -0.3 is 0 Å². The fourth-order valence-corrected chi connectivity index (χ4v) is 7.03. The van der Waals surface area contributed by atoms with E-state index in [-0.39, 0.29) is 0 Å². The van der Waals surface area contributed by atoms with Crippen molar-refractivity contribution in [3.63, 3.8) is 0 Å². The van der Waals surface area contributed by atoms with Crippen molar-refractivity contribution in [1.82, 2.24) is 24.9 Å². The average molecular weight is 620 g/mol. The molecule has 5 nitrogen and oxygen atoms in total. The molecule has 0 aliphatic carbocycles. The smallest absolute Gasteiger partial charge is 0.164 e.